The van der Waals surface area contributed by atoms with E-state index in [1.54, 1.807) is 12.1 Å². The third-order valence-corrected chi connectivity index (χ3v) is 3.84. The van der Waals surface area contributed by atoms with Crippen LogP contribution in [0, 0.1) is 0 Å². The van der Waals surface area contributed by atoms with Gasteiger partial charge < -0.3 is 10.4 Å². The van der Waals surface area contributed by atoms with Crippen molar-refractivity contribution in [2.75, 3.05) is 6.54 Å². The average molecular weight is 343 g/mol. The van der Waals surface area contributed by atoms with Gasteiger partial charge in [0.2, 0.25) is 0 Å². The van der Waals surface area contributed by atoms with Crippen molar-refractivity contribution in [1.82, 2.24) is 5.32 Å². The van der Waals surface area contributed by atoms with Crippen molar-refractivity contribution in [2.45, 2.75) is 6.54 Å². The van der Waals surface area contributed by atoms with Gasteiger partial charge in [-0.05, 0) is 46.5 Å². The quantitative estimate of drug-likeness (QED) is 0.892. The molecular formula is C17H15BrN2O. The number of hydrogen-bond acceptors (Lipinski definition) is 3. The largest absolute Gasteiger partial charge is 0.508 e. The van der Waals surface area contributed by atoms with E-state index in [1.807, 2.05) is 30.6 Å². The summed E-state index contributed by atoms with van der Waals surface area (Å²) in [5, 5.41) is 12.8. The molecule has 0 amide bonds. The van der Waals surface area contributed by atoms with E-state index < -0.39 is 0 Å². The summed E-state index contributed by atoms with van der Waals surface area (Å²) in [5.41, 5.74) is 4.53. The van der Waals surface area contributed by atoms with Crippen LogP contribution in [0.2, 0.25) is 0 Å². The molecule has 0 saturated carbocycles. The molecule has 0 saturated heterocycles. The Kier molecular flexibility index (Phi) is 4.06. The van der Waals surface area contributed by atoms with Crippen LogP contribution in [0.1, 0.15) is 16.7 Å². The molecule has 0 bridgehead atoms. The highest BCUT2D eigenvalue weighted by atomic mass is 79.9. The number of halogens is 1. The Morgan fingerprint density at radius 1 is 1.24 bits per heavy atom. The van der Waals surface area contributed by atoms with Crippen molar-refractivity contribution in [3.05, 3.63) is 69.8 Å². The molecule has 1 heterocycles. The number of fused-ring (bicyclic) bond motifs is 1. The molecule has 3 rings (SSSR count). The van der Waals surface area contributed by atoms with Gasteiger partial charge in [0.15, 0.2) is 0 Å². The highest BCUT2D eigenvalue weighted by Gasteiger charge is 2.10. The Morgan fingerprint density at radius 3 is 3.00 bits per heavy atom. The van der Waals surface area contributed by atoms with Gasteiger partial charge in [0.25, 0.3) is 0 Å². The molecule has 0 atom stereocenters. The molecule has 0 radical (unpaired) electrons. The first-order valence-corrected chi connectivity index (χ1v) is 7.52. The third-order valence-electron chi connectivity index (χ3n) is 3.35. The predicted molar refractivity (Wildman–Crippen MR) is 89.5 cm³/mol. The highest BCUT2D eigenvalue weighted by Crippen LogP contribution is 2.25. The molecule has 4 heteroatoms. The first kappa shape index (κ1) is 13.9. The fraction of sp³-hybridized carbons (Fsp3) is 0.118. The summed E-state index contributed by atoms with van der Waals surface area (Å²) >= 11 is 3.51. The van der Waals surface area contributed by atoms with Crippen LogP contribution in [0.15, 0.2) is 58.1 Å². The molecule has 0 aromatic heterocycles. The third kappa shape index (κ3) is 3.34. The number of aromatic hydroxyl groups is 1. The van der Waals surface area contributed by atoms with Crippen molar-refractivity contribution >= 4 is 27.7 Å². The summed E-state index contributed by atoms with van der Waals surface area (Å²) in [7, 11) is 0. The molecule has 3 nitrogen and oxygen atoms in total. The summed E-state index contributed by atoms with van der Waals surface area (Å²) in [6.45, 7) is 1.35. The van der Waals surface area contributed by atoms with Gasteiger partial charge in [0.1, 0.15) is 5.75 Å². The maximum atomic E-state index is 9.45. The molecule has 2 aromatic rings. The van der Waals surface area contributed by atoms with Gasteiger partial charge in [0, 0.05) is 23.4 Å². The van der Waals surface area contributed by atoms with Gasteiger partial charge >= 0.3 is 0 Å². The molecule has 0 spiro atoms. The van der Waals surface area contributed by atoms with Crippen LogP contribution in [0.5, 0.6) is 5.75 Å². The van der Waals surface area contributed by atoms with Gasteiger partial charge in [-0.1, -0.05) is 34.1 Å². The minimum absolute atomic E-state index is 0.290. The molecule has 1 aliphatic rings. The first-order valence-electron chi connectivity index (χ1n) is 6.72. The summed E-state index contributed by atoms with van der Waals surface area (Å²) in [4.78, 5) is 4.38. The predicted octanol–water partition coefficient (Wildman–Crippen LogP) is 3.72. The van der Waals surface area contributed by atoms with Gasteiger partial charge in [-0.3, -0.25) is 4.99 Å². The number of phenolic OH excluding ortho intramolecular Hbond substituents is 1. The van der Waals surface area contributed by atoms with Crippen molar-refractivity contribution in [2.24, 2.45) is 4.99 Å². The van der Waals surface area contributed by atoms with E-state index in [1.165, 1.54) is 5.56 Å². The molecule has 0 unspecified atom stereocenters. The minimum Gasteiger partial charge on any atom is -0.508 e. The Bertz CT molecular complexity index is 722. The first-order chi connectivity index (χ1) is 10.2. The van der Waals surface area contributed by atoms with Crippen LogP contribution in [-0.4, -0.2) is 17.9 Å². The van der Waals surface area contributed by atoms with Crippen LogP contribution in [0.25, 0.3) is 5.57 Å². The second-order valence-corrected chi connectivity index (χ2v) is 5.84. The monoisotopic (exact) mass is 342 g/mol. The van der Waals surface area contributed by atoms with Gasteiger partial charge in [-0.25, -0.2) is 0 Å². The van der Waals surface area contributed by atoms with Gasteiger partial charge in [-0.2, -0.15) is 0 Å². The summed E-state index contributed by atoms with van der Waals surface area (Å²) in [6, 6.07) is 13.5. The maximum Gasteiger partial charge on any atom is 0.115 e. The summed E-state index contributed by atoms with van der Waals surface area (Å²) < 4.78 is 1.07. The molecule has 1 aliphatic heterocycles. The van der Waals surface area contributed by atoms with Crippen LogP contribution in [0.3, 0.4) is 0 Å². The summed E-state index contributed by atoms with van der Waals surface area (Å²) in [5.74, 6) is 0.290. The molecule has 2 N–H and O–H groups in total. The molecule has 2 aromatic carbocycles. The number of aliphatic imine (C=N–C) groups is 1. The van der Waals surface area contributed by atoms with E-state index >= 15 is 0 Å². The highest BCUT2D eigenvalue weighted by molar-refractivity contribution is 9.10. The molecule has 0 aliphatic carbocycles. The molecule has 21 heavy (non-hydrogen) atoms. The molecule has 0 fully saturated rings. The smallest absolute Gasteiger partial charge is 0.115 e. The maximum absolute atomic E-state index is 9.45. The van der Waals surface area contributed by atoms with Crippen LogP contribution in [-0.2, 0) is 6.54 Å². The van der Waals surface area contributed by atoms with E-state index in [9.17, 15) is 5.11 Å². The van der Waals surface area contributed by atoms with Gasteiger partial charge in [0.05, 0.1) is 6.54 Å². The topological polar surface area (TPSA) is 44.6 Å². The van der Waals surface area contributed by atoms with E-state index in [-0.39, 0.29) is 0 Å². The fourth-order valence-electron chi connectivity index (χ4n) is 2.33. The van der Waals surface area contributed by atoms with Crippen molar-refractivity contribution in [1.29, 1.82) is 0 Å². The minimum atomic E-state index is 0.290. The Labute approximate surface area is 132 Å². The lowest BCUT2D eigenvalue weighted by atomic mass is 9.99. The zero-order chi connectivity index (χ0) is 14.7. The average Bonchev–Trinajstić information content (AvgIpc) is 2.48. The number of phenols is 1. The van der Waals surface area contributed by atoms with Crippen molar-refractivity contribution < 1.29 is 5.11 Å². The number of nitrogens with zero attached hydrogens (tertiary/aromatic N) is 1. The SMILES string of the molecule is Oc1cccc(CN/C=C2\CN=Cc3ccc(Br)cc32)c1. The van der Waals surface area contributed by atoms with E-state index in [2.05, 4.69) is 38.4 Å². The lowest BCUT2D eigenvalue weighted by Gasteiger charge is -2.14. The molecular weight excluding hydrogens is 328 g/mol. The Morgan fingerprint density at radius 2 is 2.14 bits per heavy atom. The molecule has 106 valence electrons. The Hall–Kier alpha value is -2.07. The van der Waals surface area contributed by atoms with E-state index in [0.717, 1.165) is 21.2 Å². The normalized spacial score (nSPS) is 15.0. The number of hydrogen-bond donors (Lipinski definition) is 2. The number of rotatable bonds is 3. The Balaban J connectivity index is 1.76. The standard InChI is InChI=1S/C17H15BrN2O/c18-15-5-4-13-9-20-11-14(17(13)7-15)10-19-8-12-2-1-3-16(21)6-12/h1-7,9-10,19,21H,8,11H2/b14-10+. The van der Waals surface area contributed by atoms with Crippen molar-refractivity contribution in [3.63, 3.8) is 0 Å². The lowest BCUT2D eigenvalue weighted by molar-refractivity contribution is 0.474. The van der Waals surface area contributed by atoms with Crippen LogP contribution >= 0.6 is 15.9 Å². The zero-order valence-electron chi connectivity index (χ0n) is 11.4. The van der Waals surface area contributed by atoms with Crippen molar-refractivity contribution in [3.8, 4) is 5.75 Å². The number of benzene rings is 2. The summed E-state index contributed by atoms with van der Waals surface area (Å²) in [6.07, 6.45) is 3.92. The lowest BCUT2D eigenvalue weighted by Crippen LogP contribution is -2.09. The second-order valence-electron chi connectivity index (χ2n) is 4.92. The van der Waals surface area contributed by atoms with Gasteiger partial charge in [-0.15, -0.1) is 0 Å². The number of nitrogens with one attached hydrogen (secondary N) is 1. The van der Waals surface area contributed by atoms with E-state index in [4.69, 9.17) is 0 Å². The van der Waals surface area contributed by atoms with E-state index in [0.29, 0.717) is 18.8 Å². The van der Waals surface area contributed by atoms with Crippen LogP contribution < -0.4 is 5.32 Å². The van der Waals surface area contributed by atoms with Crippen LogP contribution in [0.4, 0.5) is 0 Å². The fourth-order valence-corrected chi connectivity index (χ4v) is 2.69. The second kappa shape index (κ2) is 6.14. The zero-order valence-corrected chi connectivity index (χ0v) is 13.0.